The average Bonchev–Trinajstić information content (AvgIpc) is 2.26. The Hall–Kier alpha value is -1.86. The summed E-state index contributed by atoms with van der Waals surface area (Å²) in [7, 11) is 0. The second-order valence-corrected chi connectivity index (χ2v) is 4.10. The highest BCUT2D eigenvalue weighted by Gasteiger charge is 2.25. The summed E-state index contributed by atoms with van der Waals surface area (Å²) in [4.78, 5) is 10.9. The summed E-state index contributed by atoms with van der Waals surface area (Å²) < 4.78 is 0. The lowest BCUT2D eigenvalue weighted by atomic mass is 10.1. The second-order valence-electron chi connectivity index (χ2n) is 4.10. The summed E-state index contributed by atoms with van der Waals surface area (Å²) in [5, 5.41) is 20.5. The van der Waals surface area contributed by atoms with Crippen LogP contribution in [0.15, 0.2) is 24.3 Å². The Bertz CT molecular complexity index is 433. The van der Waals surface area contributed by atoms with Crippen molar-refractivity contribution in [2.45, 2.75) is 25.9 Å². The molecule has 4 nitrogen and oxygen atoms in total. The molecule has 0 bridgehead atoms. The number of rotatable bonds is 4. The molecule has 0 radical (unpaired) electrons. The first-order valence-corrected chi connectivity index (χ1v) is 4.93. The number of nitriles is 1. The van der Waals surface area contributed by atoms with Gasteiger partial charge in [-0.25, -0.2) is 0 Å². The number of aliphatic carboxylic acids is 1. The van der Waals surface area contributed by atoms with E-state index in [1.165, 1.54) is 0 Å². The Kier molecular flexibility index (Phi) is 3.64. The van der Waals surface area contributed by atoms with Crippen LogP contribution < -0.4 is 5.32 Å². The molecular weight excluding hydrogens is 204 g/mol. The summed E-state index contributed by atoms with van der Waals surface area (Å²) in [6.07, 6.45) is 0. The van der Waals surface area contributed by atoms with Crippen LogP contribution in [-0.4, -0.2) is 16.6 Å². The Morgan fingerprint density at radius 3 is 2.81 bits per heavy atom. The van der Waals surface area contributed by atoms with Crippen molar-refractivity contribution < 1.29 is 9.90 Å². The third kappa shape index (κ3) is 3.07. The van der Waals surface area contributed by atoms with Gasteiger partial charge in [-0.1, -0.05) is 12.1 Å². The minimum absolute atomic E-state index is 0.425. The molecule has 4 heteroatoms. The van der Waals surface area contributed by atoms with Gasteiger partial charge in [0.15, 0.2) is 0 Å². The molecule has 16 heavy (non-hydrogen) atoms. The van der Waals surface area contributed by atoms with Crippen molar-refractivity contribution in [3.63, 3.8) is 0 Å². The minimum atomic E-state index is -0.970. The molecular formula is C12H14N2O2. The van der Waals surface area contributed by atoms with Crippen molar-refractivity contribution in [2.75, 3.05) is 0 Å². The molecule has 1 rings (SSSR count). The first-order chi connectivity index (χ1) is 7.45. The fraction of sp³-hybridized carbons (Fsp3) is 0.333. The first-order valence-electron chi connectivity index (χ1n) is 4.93. The summed E-state index contributed by atoms with van der Waals surface area (Å²) in [5.41, 5.74) is 0.503. The number of hydrogen-bond acceptors (Lipinski definition) is 3. The molecule has 1 aromatic carbocycles. The van der Waals surface area contributed by atoms with Crippen LogP contribution in [0.4, 0.5) is 0 Å². The molecule has 0 fully saturated rings. The number of benzene rings is 1. The van der Waals surface area contributed by atoms with Gasteiger partial charge < -0.3 is 5.11 Å². The minimum Gasteiger partial charge on any atom is -0.480 e. The lowest BCUT2D eigenvalue weighted by molar-refractivity contribution is -0.143. The lowest BCUT2D eigenvalue weighted by Gasteiger charge is -2.21. The Morgan fingerprint density at radius 2 is 2.25 bits per heavy atom. The normalized spacial score (nSPS) is 10.8. The molecule has 0 aliphatic rings. The van der Waals surface area contributed by atoms with E-state index in [1.54, 1.807) is 32.0 Å². The van der Waals surface area contributed by atoms with Gasteiger partial charge in [0.1, 0.15) is 5.54 Å². The quantitative estimate of drug-likeness (QED) is 0.803. The lowest BCUT2D eigenvalue weighted by Crippen LogP contribution is -2.46. The van der Waals surface area contributed by atoms with Crippen LogP contribution in [-0.2, 0) is 11.3 Å². The largest absolute Gasteiger partial charge is 0.480 e. The molecule has 1 aromatic rings. The van der Waals surface area contributed by atoms with Gasteiger partial charge in [-0.15, -0.1) is 0 Å². The van der Waals surface area contributed by atoms with Crippen molar-refractivity contribution in [3.05, 3.63) is 35.4 Å². The van der Waals surface area contributed by atoms with Crippen LogP contribution in [0.1, 0.15) is 25.0 Å². The van der Waals surface area contributed by atoms with Crippen LogP contribution >= 0.6 is 0 Å². The summed E-state index contributed by atoms with van der Waals surface area (Å²) >= 11 is 0. The third-order valence-electron chi connectivity index (χ3n) is 2.33. The number of hydrogen-bond donors (Lipinski definition) is 2. The third-order valence-corrected chi connectivity index (χ3v) is 2.33. The van der Waals surface area contributed by atoms with Crippen molar-refractivity contribution in [3.8, 4) is 6.07 Å². The van der Waals surface area contributed by atoms with Crippen LogP contribution in [0.25, 0.3) is 0 Å². The summed E-state index contributed by atoms with van der Waals surface area (Å²) in [6, 6.07) is 9.13. The zero-order valence-electron chi connectivity index (χ0n) is 9.32. The predicted octanol–water partition coefficient (Wildman–Crippen LogP) is 1.51. The molecule has 0 aromatic heterocycles. The van der Waals surface area contributed by atoms with Gasteiger partial charge in [0.25, 0.3) is 0 Å². The molecule has 0 spiro atoms. The van der Waals surface area contributed by atoms with E-state index >= 15 is 0 Å². The van der Waals surface area contributed by atoms with Crippen LogP contribution in [0.2, 0.25) is 0 Å². The molecule has 0 atom stereocenters. The maximum absolute atomic E-state index is 10.9. The predicted molar refractivity (Wildman–Crippen MR) is 59.7 cm³/mol. The van der Waals surface area contributed by atoms with Crippen molar-refractivity contribution >= 4 is 5.97 Å². The molecule has 0 saturated heterocycles. The van der Waals surface area contributed by atoms with Gasteiger partial charge in [0.2, 0.25) is 0 Å². The van der Waals surface area contributed by atoms with Gasteiger partial charge in [-0.3, -0.25) is 10.1 Å². The number of carbonyl (C=O) groups is 1. The van der Waals surface area contributed by atoms with E-state index in [4.69, 9.17) is 10.4 Å². The molecule has 0 saturated carbocycles. The van der Waals surface area contributed by atoms with Crippen LogP contribution in [0.3, 0.4) is 0 Å². The SMILES string of the molecule is CC(C)(NCc1cccc(C#N)c1)C(=O)O. The van der Waals surface area contributed by atoms with E-state index in [2.05, 4.69) is 5.32 Å². The number of nitrogens with one attached hydrogen (secondary N) is 1. The second kappa shape index (κ2) is 4.77. The molecule has 84 valence electrons. The Morgan fingerprint density at radius 1 is 1.56 bits per heavy atom. The zero-order valence-corrected chi connectivity index (χ0v) is 9.32. The summed E-state index contributed by atoms with van der Waals surface area (Å²) in [5.74, 6) is -0.899. The molecule has 2 N–H and O–H groups in total. The van der Waals surface area contributed by atoms with Gasteiger partial charge >= 0.3 is 5.97 Å². The highest BCUT2D eigenvalue weighted by atomic mass is 16.4. The number of carboxylic acids is 1. The maximum atomic E-state index is 10.9. The first kappa shape index (κ1) is 12.2. The van der Waals surface area contributed by atoms with Gasteiger partial charge in [-0.05, 0) is 31.5 Å². The van der Waals surface area contributed by atoms with E-state index < -0.39 is 11.5 Å². The van der Waals surface area contributed by atoms with E-state index in [9.17, 15) is 4.79 Å². The van der Waals surface area contributed by atoms with Crippen molar-refractivity contribution in [1.29, 1.82) is 5.26 Å². The van der Waals surface area contributed by atoms with Gasteiger partial charge in [-0.2, -0.15) is 5.26 Å². The number of nitrogens with zero attached hydrogens (tertiary/aromatic N) is 1. The van der Waals surface area contributed by atoms with Crippen LogP contribution in [0.5, 0.6) is 0 Å². The standard InChI is InChI=1S/C12H14N2O2/c1-12(2,11(15)16)14-8-10-5-3-4-9(6-10)7-13/h3-6,14H,8H2,1-2H3,(H,15,16). The average molecular weight is 218 g/mol. The van der Waals surface area contributed by atoms with Crippen molar-refractivity contribution in [1.82, 2.24) is 5.32 Å². The number of carboxylic acid groups (broad SMARTS) is 1. The smallest absolute Gasteiger partial charge is 0.323 e. The highest BCUT2D eigenvalue weighted by molar-refractivity contribution is 5.77. The molecule has 0 aliphatic carbocycles. The molecule has 0 heterocycles. The molecule has 0 aliphatic heterocycles. The fourth-order valence-corrected chi connectivity index (χ4v) is 1.15. The topological polar surface area (TPSA) is 73.1 Å². The zero-order chi connectivity index (χ0) is 12.2. The summed E-state index contributed by atoms with van der Waals surface area (Å²) in [6.45, 7) is 3.63. The van der Waals surface area contributed by atoms with Crippen molar-refractivity contribution in [2.24, 2.45) is 0 Å². The van der Waals surface area contributed by atoms with E-state index in [-0.39, 0.29) is 0 Å². The van der Waals surface area contributed by atoms with Crippen LogP contribution in [0, 0.1) is 11.3 Å². The fourth-order valence-electron chi connectivity index (χ4n) is 1.15. The van der Waals surface area contributed by atoms with E-state index in [1.807, 2.05) is 12.1 Å². The van der Waals surface area contributed by atoms with Gasteiger partial charge in [0, 0.05) is 6.54 Å². The Balaban J connectivity index is 2.69. The monoisotopic (exact) mass is 218 g/mol. The highest BCUT2D eigenvalue weighted by Crippen LogP contribution is 2.07. The van der Waals surface area contributed by atoms with E-state index in [0.717, 1.165) is 5.56 Å². The molecule has 0 amide bonds. The van der Waals surface area contributed by atoms with Gasteiger partial charge in [0.05, 0.1) is 11.6 Å². The Labute approximate surface area is 94.5 Å². The van der Waals surface area contributed by atoms with E-state index in [0.29, 0.717) is 12.1 Å². The maximum Gasteiger partial charge on any atom is 0.323 e. The molecule has 0 unspecified atom stereocenters.